The van der Waals surface area contributed by atoms with Crippen LogP contribution in [0.4, 0.5) is 5.69 Å². The molecule has 1 aliphatic heterocycles. The summed E-state index contributed by atoms with van der Waals surface area (Å²) in [5.41, 5.74) is 3.60. The summed E-state index contributed by atoms with van der Waals surface area (Å²) in [6.07, 6.45) is 0.297. The maximum absolute atomic E-state index is 11.9. The fourth-order valence-electron chi connectivity index (χ4n) is 4.56. The first-order valence-corrected chi connectivity index (χ1v) is 11.8. The Bertz CT molecular complexity index is 1240. The molecule has 3 heterocycles. The molecule has 2 aromatic heterocycles. The van der Waals surface area contributed by atoms with Gasteiger partial charge in [0, 0.05) is 54.0 Å². The van der Waals surface area contributed by atoms with Crippen molar-refractivity contribution in [2.75, 3.05) is 44.7 Å². The molecule has 32 heavy (non-hydrogen) atoms. The molecule has 0 radical (unpaired) electrons. The van der Waals surface area contributed by atoms with E-state index in [1.165, 1.54) is 17.2 Å². The van der Waals surface area contributed by atoms with Crippen LogP contribution >= 0.6 is 11.3 Å². The van der Waals surface area contributed by atoms with Crippen molar-refractivity contribution < 1.29 is 14.6 Å². The van der Waals surface area contributed by atoms with Gasteiger partial charge in [0.05, 0.1) is 13.2 Å². The summed E-state index contributed by atoms with van der Waals surface area (Å²) in [4.78, 5) is 19.9. The van der Waals surface area contributed by atoms with Crippen LogP contribution in [-0.4, -0.2) is 60.8 Å². The number of nitrogens with one attached hydrogen (secondary N) is 1. The van der Waals surface area contributed by atoms with Gasteiger partial charge in [0.2, 0.25) is 0 Å². The highest BCUT2D eigenvalue weighted by Gasteiger charge is 2.21. The number of rotatable bonds is 6. The molecule has 1 unspecified atom stereocenters. The Morgan fingerprint density at radius 2 is 1.94 bits per heavy atom. The number of aliphatic hydroxyl groups is 1. The number of hydrogen-bond acceptors (Lipinski definition) is 6. The molecule has 0 spiro atoms. The molecule has 7 heteroatoms. The average Bonchev–Trinajstić information content (AvgIpc) is 3.47. The van der Waals surface area contributed by atoms with Crippen LogP contribution in [0.3, 0.4) is 0 Å². The number of aliphatic hydroxyl groups excluding tert-OH is 1. The number of fused-ring (bicyclic) bond motifs is 2. The minimum atomic E-state index is -0.436. The summed E-state index contributed by atoms with van der Waals surface area (Å²) in [7, 11) is 1.39. The lowest BCUT2D eigenvalue weighted by molar-refractivity contribution is 0.0595. The zero-order valence-corrected chi connectivity index (χ0v) is 18.9. The van der Waals surface area contributed by atoms with Crippen molar-refractivity contribution in [3.05, 3.63) is 65.2 Å². The van der Waals surface area contributed by atoms with Crippen molar-refractivity contribution >= 4 is 44.0 Å². The van der Waals surface area contributed by atoms with E-state index in [2.05, 4.69) is 38.4 Å². The van der Waals surface area contributed by atoms with E-state index in [1.807, 2.05) is 30.3 Å². The quantitative estimate of drug-likeness (QED) is 0.427. The van der Waals surface area contributed by atoms with E-state index in [9.17, 15) is 9.90 Å². The fraction of sp³-hybridized carbons (Fsp3) is 0.320. The first kappa shape index (κ1) is 21.0. The minimum absolute atomic E-state index is 0.353. The van der Waals surface area contributed by atoms with E-state index < -0.39 is 6.10 Å². The van der Waals surface area contributed by atoms with E-state index in [-0.39, 0.29) is 5.97 Å². The van der Waals surface area contributed by atoms with Crippen molar-refractivity contribution in [2.45, 2.75) is 12.5 Å². The van der Waals surface area contributed by atoms with Crippen LogP contribution < -0.4 is 4.90 Å². The van der Waals surface area contributed by atoms with Crippen molar-refractivity contribution in [3.8, 4) is 0 Å². The highest BCUT2D eigenvalue weighted by Crippen LogP contribution is 2.32. The zero-order valence-electron chi connectivity index (χ0n) is 18.1. The van der Waals surface area contributed by atoms with Gasteiger partial charge < -0.3 is 19.7 Å². The highest BCUT2D eigenvalue weighted by atomic mass is 32.1. The molecule has 1 saturated heterocycles. The lowest BCUT2D eigenvalue weighted by Crippen LogP contribution is -2.46. The summed E-state index contributed by atoms with van der Waals surface area (Å²) in [5, 5.41) is 15.1. The molecule has 6 nitrogen and oxygen atoms in total. The third kappa shape index (κ3) is 3.99. The van der Waals surface area contributed by atoms with Gasteiger partial charge in [0.1, 0.15) is 5.69 Å². The Hall–Kier alpha value is -2.87. The predicted molar refractivity (Wildman–Crippen MR) is 130 cm³/mol. The molecule has 5 rings (SSSR count). The number of hydrogen-bond donors (Lipinski definition) is 2. The van der Waals surface area contributed by atoms with Gasteiger partial charge in [0.15, 0.2) is 0 Å². The SMILES string of the molecule is COC(=O)c1cc2c(N3CCN(CCC(O)c4csc5ccccc45)CC3)cccc2[nH]1. The molecule has 1 fully saturated rings. The summed E-state index contributed by atoms with van der Waals surface area (Å²) >= 11 is 1.70. The van der Waals surface area contributed by atoms with Crippen molar-refractivity contribution in [3.63, 3.8) is 0 Å². The first-order valence-electron chi connectivity index (χ1n) is 11.0. The molecule has 0 amide bonds. The summed E-state index contributed by atoms with van der Waals surface area (Å²) in [5.74, 6) is -0.353. The van der Waals surface area contributed by atoms with Crippen molar-refractivity contribution in [1.82, 2.24) is 9.88 Å². The molecule has 2 aromatic carbocycles. The molecule has 1 atom stereocenters. The second kappa shape index (κ2) is 8.94. The van der Waals surface area contributed by atoms with Gasteiger partial charge in [-0.15, -0.1) is 11.3 Å². The number of nitrogens with zero attached hydrogens (tertiary/aromatic N) is 2. The molecular formula is C25H27N3O3S. The van der Waals surface area contributed by atoms with E-state index in [0.29, 0.717) is 5.69 Å². The smallest absolute Gasteiger partial charge is 0.354 e. The number of anilines is 1. The van der Waals surface area contributed by atoms with Gasteiger partial charge in [-0.2, -0.15) is 0 Å². The topological polar surface area (TPSA) is 68.8 Å². The Labute approximate surface area is 191 Å². The Morgan fingerprint density at radius 1 is 1.12 bits per heavy atom. The van der Waals surface area contributed by atoms with Crippen LogP contribution in [0, 0.1) is 0 Å². The average molecular weight is 450 g/mol. The third-order valence-corrected chi connectivity index (χ3v) is 7.33. The largest absolute Gasteiger partial charge is 0.464 e. The Kier molecular flexibility index (Phi) is 5.87. The molecular weight excluding hydrogens is 422 g/mol. The van der Waals surface area contributed by atoms with Gasteiger partial charge in [-0.3, -0.25) is 4.90 Å². The zero-order chi connectivity index (χ0) is 22.1. The number of aromatic nitrogens is 1. The molecule has 166 valence electrons. The van der Waals surface area contributed by atoms with Gasteiger partial charge in [-0.25, -0.2) is 4.79 Å². The third-order valence-electron chi connectivity index (χ3n) is 6.35. The number of esters is 1. The monoisotopic (exact) mass is 449 g/mol. The van der Waals surface area contributed by atoms with Crippen LogP contribution in [0.1, 0.15) is 28.6 Å². The number of piperazine rings is 1. The number of methoxy groups -OCH3 is 1. The second-order valence-corrected chi connectivity index (χ2v) is 9.14. The van der Waals surface area contributed by atoms with E-state index in [4.69, 9.17) is 4.74 Å². The summed E-state index contributed by atoms with van der Waals surface area (Å²) in [6, 6.07) is 16.3. The molecule has 0 saturated carbocycles. The van der Waals surface area contributed by atoms with Crippen LogP contribution in [0.15, 0.2) is 53.9 Å². The van der Waals surface area contributed by atoms with Crippen LogP contribution in [0.25, 0.3) is 21.0 Å². The fourth-order valence-corrected chi connectivity index (χ4v) is 5.57. The second-order valence-electron chi connectivity index (χ2n) is 8.23. The number of carbonyl (C=O) groups excluding carboxylic acids is 1. The van der Waals surface area contributed by atoms with Crippen molar-refractivity contribution in [1.29, 1.82) is 0 Å². The molecule has 4 aromatic rings. The maximum atomic E-state index is 11.9. The summed E-state index contributed by atoms with van der Waals surface area (Å²) < 4.78 is 6.08. The highest BCUT2D eigenvalue weighted by molar-refractivity contribution is 7.17. The lowest BCUT2D eigenvalue weighted by atomic mass is 10.1. The van der Waals surface area contributed by atoms with Gasteiger partial charge >= 0.3 is 5.97 Å². The van der Waals surface area contributed by atoms with Crippen molar-refractivity contribution in [2.24, 2.45) is 0 Å². The number of thiophene rings is 1. The Morgan fingerprint density at radius 3 is 2.75 bits per heavy atom. The lowest BCUT2D eigenvalue weighted by Gasteiger charge is -2.36. The number of H-pyrrole nitrogens is 1. The normalized spacial score (nSPS) is 16.0. The standard InChI is InChI=1S/C25H27N3O3S/c1-31-25(30)21-15-18-20(26-21)6-4-7-22(18)28-13-11-27(12-14-28)10-9-23(29)19-16-32-24-8-3-2-5-17(19)24/h2-8,15-16,23,26,29H,9-14H2,1H3. The van der Waals surface area contributed by atoms with Gasteiger partial charge in [0.25, 0.3) is 0 Å². The van der Waals surface area contributed by atoms with E-state index in [1.54, 1.807) is 11.3 Å². The summed E-state index contributed by atoms with van der Waals surface area (Å²) in [6.45, 7) is 4.59. The maximum Gasteiger partial charge on any atom is 0.354 e. The molecule has 0 bridgehead atoms. The Balaban J connectivity index is 1.21. The first-order chi connectivity index (χ1) is 15.6. The minimum Gasteiger partial charge on any atom is -0.464 e. The molecule has 0 aliphatic carbocycles. The number of carbonyl (C=O) groups is 1. The van der Waals surface area contributed by atoms with E-state index in [0.717, 1.165) is 61.3 Å². The van der Waals surface area contributed by atoms with Gasteiger partial charge in [-0.1, -0.05) is 24.3 Å². The van der Waals surface area contributed by atoms with Crippen LogP contribution in [-0.2, 0) is 4.74 Å². The number of ether oxygens (including phenoxy) is 1. The number of aromatic amines is 1. The number of benzene rings is 2. The molecule has 1 aliphatic rings. The van der Waals surface area contributed by atoms with Crippen LogP contribution in [0.5, 0.6) is 0 Å². The van der Waals surface area contributed by atoms with E-state index >= 15 is 0 Å². The van der Waals surface area contributed by atoms with Gasteiger partial charge in [-0.05, 0) is 47.0 Å². The molecule has 2 N–H and O–H groups in total. The van der Waals surface area contributed by atoms with Crippen LogP contribution in [0.2, 0.25) is 0 Å². The predicted octanol–water partition coefficient (Wildman–Crippen LogP) is 4.41.